The molecule has 134 valence electrons. The predicted octanol–water partition coefficient (Wildman–Crippen LogP) is 4.33. The summed E-state index contributed by atoms with van der Waals surface area (Å²) in [6.45, 7) is 12.3. The average molecular weight is 331 g/mol. The largest absolute Gasteiger partial charge is 0.396 e. The van der Waals surface area contributed by atoms with Crippen LogP contribution in [0.3, 0.4) is 0 Å². The smallest absolute Gasteiger partial charge is 0.0436 e. The quantitative estimate of drug-likeness (QED) is 0.805. The number of allylic oxidation sites excluding steroid dienone is 3. The summed E-state index contributed by atoms with van der Waals surface area (Å²) in [4.78, 5) is 0. The van der Waals surface area contributed by atoms with Gasteiger partial charge in [-0.2, -0.15) is 0 Å². The van der Waals surface area contributed by atoms with Crippen LogP contribution >= 0.6 is 0 Å². The predicted molar refractivity (Wildman–Crippen MR) is 97.4 cm³/mol. The fourth-order valence-electron chi connectivity index (χ4n) is 7.88. The molecule has 2 bridgehead atoms. The molecule has 1 spiro atoms. The van der Waals surface area contributed by atoms with Crippen LogP contribution in [-0.4, -0.2) is 23.4 Å². The average Bonchev–Trinajstić information content (AvgIpc) is 3.10. The molecule has 2 heteroatoms. The second-order valence-corrected chi connectivity index (χ2v) is 9.82. The van der Waals surface area contributed by atoms with Crippen molar-refractivity contribution in [3.8, 4) is 0 Å². The standard InChI is InChI=1S/C22H34O2/c1-14-12-17-16(6-10-23)13-21(9-11-24)7-5-8-22(17,15(21)2)19-18(14)20(19,3)4/h12,15-16,18-19,23-24H,1,5-11,13H2,2-4H3. The van der Waals surface area contributed by atoms with Crippen molar-refractivity contribution in [3.05, 3.63) is 23.8 Å². The van der Waals surface area contributed by atoms with Gasteiger partial charge in [-0.25, -0.2) is 0 Å². The van der Waals surface area contributed by atoms with E-state index in [0.29, 0.717) is 41.1 Å². The molecule has 0 heterocycles. The van der Waals surface area contributed by atoms with Crippen molar-refractivity contribution in [1.82, 2.24) is 0 Å². The third kappa shape index (κ3) is 1.85. The highest BCUT2D eigenvalue weighted by Crippen LogP contribution is 2.80. The molecule has 2 nitrogen and oxygen atoms in total. The molecule has 4 aliphatic carbocycles. The van der Waals surface area contributed by atoms with Gasteiger partial charge in [-0.3, -0.25) is 0 Å². The Labute approximate surface area is 147 Å². The molecule has 2 N–H and O–H groups in total. The van der Waals surface area contributed by atoms with E-state index >= 15 is 0 Å². The lowest BCUT2D eigenvalue weighted by Crippen LogP contribution is -2.55. The monoisotopic (exact) mass is 330 g/mol. The summed E-state index contributed by atoms with van der Waals surface area (Å²) in [6.07, 6.45) is 9.24. The highest BCUT2D eigenvalue weighted by atomic mass is 16.3. The third-order valence-electron chi connectivity index (χ3n) is 8.80. The second kappa shape index (κ2) is 5.20. The van der Waals surface area contributed by atoms with Crippen molar-refractivity contribution in [2.75, 3.05) is 13.2 Å². The van der Waals surface area contributed by atoms with E-state index in [1.165, 1.54) is 24.8 Å². The van der Waals surface area contributed by atoms with Crippen molar-refractivity contribution in [2.24, 2.45) is 39.9 Å². The molecule has 0 amide bonds. The van der Waals surface area contributed by atoms with E-state index in [-0.39, 0.29) is 12.0 Å². The Bertz CT molecular complexity index is 585. The topological polar surface area (TPSA) is 40.5 Å². The van der Waals surface area contributed by atoms with Crippen molar-refractivity contribution >= 4 is 0 Å². The Morgan fingerprint density at radius 1 is 1.21 bits per heavy atom. The lowest BCUT2D eigenvalue weighted by atomic mass is 9.41. The number of rotatable bonds is 4. The van der Waals surface area contributed by atoms with Gasteiger partial charge in [0.15, 0.2) is 0 Å². The first kappa shape index (κ1) is 16.8. The first-order valence-electron chi connectivity index (χ1n) is 9.98. The Hall–Kier alpha value is -0.600. The number of hydrogen-bond donors (Lipinski definition) is 2. The molecule has 4 rings (SSSR count). The SMILES string of the molecule is C=C1C=C2C(CCO)CC3(CCO)CCCC2(C3C)C2C1C2(C)C. The van der Waals surface area contributed by atoms with Crippen molar-refractivity contribution in [2.45, 2.75) is 59.3 Å². The summed E-state index contributed by atoms with van der Waals surface area (Å²) in [5, 5.41) is 19.5. The molecule has 0 saturated heterocycles. The minimum absolute atomic E-state index is 0.269. The van der Waals surface area contributed by atoms with E-state index in [9.17, 15) is 10.2 Å². The summed E-state index contributed by atoms with van der Waals surface area (Å²) in [6, 6.07) is 0. The molecule has 24 heavy (non-hydrogen) atoms. The number of fused-ring (bicyclic) bond motifs is 2. The minimum atomic E-state index is 0.269. The second-order valence-electron chi connectivity index (χ2n) is 9.82. The van der Waals surface area contributed by atoms with Crippen LogP contribution in [-0.2, 0) is 0 Å². The Morgan fingerprint density at radius 3 is 2.62 bits per heavy atom. The zero-order valence-corrected chi connectivity index (χ0v) is 15.6. The number of aliphatic hydroxyl groups is 2. The lowest BCUT2D eigenvalue weighted by Gasteiger charge is -2.63. The molecule has 4 aliphatic rings. The van der Waals surface area contributed by atoms with Gasteiger partial charge in [-0.1, -0.05) is 51.0 Å². The zero-order valence-electron chi connectivity index (χ0n) is 15.6. The van der Waals surface area contributed by atoms with E-state index in [1.54, 1.807) is 5.57 Å². The Morgan fingerprint density at radius 2 is 1.96 bits per heavy atom. The van der Waals surface area contributed by atoms with Crippen molar-refractivity contribution in [1.29, 1.82) is 0 Å². The first-order valence-corrected chi connectivity index (χ1v) is 9.98. The minimum Gasteiger partial charge on any atom is -0.396 e. The Kier molecular flexibility index (Phi) is 3.65. The molecule has 6 atom stereocenters. The van der Waals surface area contributed by atoms with Crippen LogP contribution in [0, 0.1) is 39.9 Å². The maximum atomic E-state index is 9.80. The van der Waals surface area contributed by atoms with Crippen LogP contribution in [0.15, 0.2) is 23.8 Å². The Balaban J connectivity index is 1.86. The normalized spacial score (nSPS) is 48.4. The molecule has 0 radical (unpaired) electrons. The maximum absolute atomic E-state index is 9.80. The highest BCUT2D eigenvalue weighted by Gasteiger charge is 2.74. The van der Waals surface area contributed by atoms with Crippen molar-refractivity contribution in [3.63, 3.8) is 0 Å². The molecule has 0 aliphatic heterocycles. The van der Waals surface area contributed by atoms with Crippen molar-refractivity contribution < 1.29 is 10.2 Å². The van der Waals surface area contributed by atoms with Crippen LogP contribution in [0.25, 0.3) is 0 Å². The molecule has 6 unspecified atom stereocenters. The van der Waals surface area contributed by atoms with Gasteiger partial charge in [-0.15, -0.1) is 0 Å². The molecule has 0 aromatic heterocycles. The van der Waals surface area contributed by atoms with Crippen LogP contribution in [0.4, 0.5) is 0 Å². The van der Waals surface area contributed by atoms with Gasteiger partial charge in [0.1, 0.15) is 0 Å². The van der Waals surface area contributed by atoms with Gasteiger partial charge < -0.3 is 10.2 Å². The first-order chi connectivity index (χ1) is 11.3. The summed E-state index contributed by atoms with van der Waals surface area (Å²) in [5.41, 5.74) is 3.87. The van der Waals surface area contributed by atoms with Crippen LogP contribution in [0.5, 0.6) is 0 Å². The van der Waals surface area contributed by atoms with Gasteiger partial charge in [0.25, 0.3) is 0 Å². The van der Waals surface area contributed by atoms with Gasteiger partial charge in [0.05, 0.1) is 0 Å². The third-order valence-corrected chi connectivity index (χ3v) is 8.80. The molecular formula is C22H34O2. The van der Waals surface area contributed by atoms with Gasteiger partial charge in [-0.05, 0) is 72.0 Å². The van der Waals surface area contributed by atoms with E-state index in [4.69, 9.17) is 0 Å². The van der Waals surface area contributed by atoms with Gasteiger partial charge in [0.2, 0.25) is 0 Å². The van der Waals surface area contributed by atoms with Crippen LogP contribution in [0.1, 0.15) is 59.3 Å². The molecule has 3 saturated carbocycles. The zero-order chi connectivity index (χ0) is 17.3. The van der Waals surface area contributed by atoms with Crippen LogP contribution < -0.4 is 0 Å². The molecule has 3 fully saturated rings. The number of hydrogen-bond acceptors (Lipinski definition) is 2. The summed E-state index contributed by atoms with van der Waals surface area (Å²) in [5.74, 6) is 2.47. The fraction of sp³-hybridized carbons (Fsp3) is 0.818. The van der Waals surface area contributed by atoms with E-state index in [2.05, 4.69) is 33.4 Å². The summed E-state index contributed by atoms with van der Waals surface area (Å²) >= 11 is 0. The van der Waals surface area contributed by atoms with Gasteiger partial charge >= 0.3 is 0 Å². The van der Waals surface area contributed by atoms with Gasteiger partial charge in [0, 0.05) is 13.2 Å². The highest BCUT2D eigenvalue weighted by molar-refractivity contribution is 5.47. The van der Waals surface area contributed by atoms with Crippen LogP contribution in [0.2, 0.25) is 0 Å². The van der Waals surface area contributed by atoms with E-state index in [1.807, 2.05) is 0 Å². The number of aliphatic hydroxyl groups excluding tert-OH is 2. The lowest BCUT2D eigenvalue weighted by molar-refractivity contribution is -0.0857. The summed E-state index contributed by atoms with van der Waals surface area (Å²) in [7, 11) is 0. The summed E-state index contributed by atoms with van der Waals surface area (Å²) < 4.78 is 0. The molecule has 0 aromatic carbocycles. The van der Waals surface area contributed by atoms with E-state index in [0.717, 1.165) is 19.3 Å². The fourth-order valence-corrected chi connectivity index (χ4v) is 7.88. The molecule has 0 aromatic rings. The molecular weight excluding hydrogens is 296 g/mol. The maximum Gasteiger partial charge on any atom is 0.0436 e. The van der Waals surface area contributed by atoms with E-state index < -0.39 is 0 Å².